The zero-order chi connectivity index (χ0) is 14.0. The molecule has 1 aromatic rings. The first-order chi connectivity index (χ1) is 8.89. The van der Waals surface area contributed by atoms with E-state index in [-0.39, 0.29) is 22.2 Å². The molecule has 1 saturated heterocycles. The molecule has 1 aliphatic heterocycles. The van der Waals surface area contributed by atoms with Crippen molar-refractivity contribution in [3.63, 3.8) is 0 Å². The highest BCUT2D eigenvalue weighted by Gasteiger charge is 2.27. The minimum Gasteiger partial charge on any atom is -0.381 e. The van der Waals surface area contributed by atoms with Crippen LogP contribution in [-0.4, -0.2) is 44.3 Å². The first-order valence-corrected chi connectivity index (χ1v) is 8.06. The van der Waals surface area contributed by atoms with Crippen LogP contribution in [0.3, 0.4) is 0 Å². The molecule has 1 atom stereocenters. The molecule has 1 aromatic heterocycles. The lowest BCUT2D eigenvalue weighted by molar-refractivity contribution is 0.0936. The Bertz CT molecular complexity index is 578. The summed E-state index contributed by atoms with van der Waals surface area (Å²) in [6.07, 6.45) is 0.876. The van der Waals surface area contributed by atoms with Gasteiger partial charge in [0.05, 0.1) is 12.3 Å². The van der Waals surface area contributed by atoms with Crippen molar-refractivity contribution in [1.29, 1.82) is 0 Å². The lowest BCUT2D eigenvalue weighted by Crippen LogP contribution is -2.30. The van der Waals surface area contributed by atoms with Crippen molar-refractivity contribution in [1.82, 2.24) is 15.5 Å². The van der Waals surface area contributed by atoms with Gasteiger partial charge in [0.25, 0.3) is 15.0 Å². The Hall–Kier alpha value is -1.12. The van der Waals surface area contributed by atoms with Crippen molar-refractivity contribution in [2.75, 3.05) is 19.8 Å². The third-order valence-corrected chi connectivity index (χ3v) is 4.38. The number of amides is 1. The number of ether oxygens (including phenoxy) is 1. The van der Waals surface area contributed by atoms with E-state index in [1.165, 1.54) is 6.92 Å². The first-order valence-electron chi connectivity index (χ1n) is 5.75. The molecule has 0 spiro atoms. The maximum atomic E-state index is 11.9. The van der Waals surface area contributed by atoms with Gasteiger partial charge in [-0.1, -0.05) is 0 Å². The van der Waals surface area contributed by atoms with Crippen LogP contribution in [0, 0.1) is 12.8 Å². The smallest absolute Gasteiger partial charge is 0.273 e. The van der Waals surface area contributed by atoms with E-state index in [1.807, 2.05) is 0 Å². The third-order valence-electron chi connectivity index (χ3n) is 2.93. The number of hydrogen-bond donors (Lipinski definition) is 2. The van der Waals surface area contributed by atoms with Crippen molar-refractivity contribution >= 4 is 25.6 Å². The van der Waals surface area contributed by atoms with Gasteiger partial charge in [-0.2, -0.15) is 5.10 Å². The summed E-state index contributed by atoms with van der Waals surface area (Å²) < 4.78 is 28.0. The van der Waals surface area contributed by atoms with Crippen molar-refractivity contribution < 1.29 is 17.9 Å². The SMILES string of the molecule is Cc1[nH]nc(C(=O)NCC2CCOC2)c1S(=O)(=O)Cl. The molecule has 1 aliphatic rings. The summed E-state index contributed by atoms with van der Waals surface area (Å²) >= 11 is 0. The molecule has 2 heterocycles. The Labute approximate surface area is 115 Å². The molecule has 0 aliphatic carbocycles. The molecule has 1 unspecified atom stereocenters. The molecule has 1 fully saturated rings. The lowest BCUT2D eigenvalue weighted by atomic mass is 10.1. The maximum Gasteiger partial charge on any atom is 0.273 e. The molecule has 9 heteroatoms. The van der Waals surface area contributed by atoms with Crippen LogP contribution in [0.4, 0.5) is 0 Å². The quantitative estimate of drug-likeness (QED) is 0.785. The molecule has 7 nitrogen and oxygen atoms in total. The van der Waals surface area contributed by atoms with E-state index in [4.69, 9.17) is 15.4 Å². The second-order valence-corrected chi connectivity index (χ2v) is 6.91. The Morgan fingerprint density at radius 2 is 2.37 bits per heavy atom. The fourth-order valence-corrected chi connectivity index (χ4v) is 3.28. The van der Waals surface area contributed by atoms with Crippen LogP contribution in [0.25, 0.3) is 0 Å². The van der Waals surface area contributed by atoms with Gasteiger partial charge < -0.3 is 10.1 Å². The number of H-pyrrole nitrogens is 1. The van der Waals surface area contributed by atoms with Gasteiger partial charge in [0.15, 0.2) is 5.69 Å². The average molecular weight is 308 g/mol. The summed E-state index contributed by atoms with van der Waals surface area (Å²) in [5.41, 5.74) is 0.0377. The number of nitrogens with zero attached hydrogens (tertiary/aromatic N) is 1. The summed E-state index contributed by atoms with van der Waals surface area (Å²) in [4.78, 5) is 11.7. The maximum absolute atomic E-state index is 11.9. The zero-order valence-electron chi connectivity index (χ0n) is 10.3. The van der Waals surface area contributed by atoms with E-state index in [1.54, 1.807) is 0 Å². The lowest BCUT2D eigenvalue weighted by Gasteiger charge is -2.08. The highest BCUT2D eigenvalue weighted by Crippen LogP contribution is 2.21. The van der Waals surface area contributed by atoms with Crippen molar-refractivity contribution in [3.8, 4) is 0 Å². The van der Waals surface area contributed by atoms with Crippen molar-refractivity contribution in [2.24, 2.45) is 5.92 Å². The van der Waals surface area contributed by atoms with Crippen molar-refractivity contribution in [3.05, 3.63) is 11.4 Å². The number of nitrogens with one attached hydrogen (secondary N) is 2. The Morgan fingerprint density at radius 1 is 1.63 bits per heavy atom. The highest BCUT2D eigenvalue weighted by atomic mass is 35.7. The zero-order valence-corrected chi connectivity index (χ0v) is 11.8. The summed E-state index contributed by atoms with van der Waals surface area (Å²) in [6, 6.07) is 0. The second kappa shape index (κ2) is 5.48. The summed E-state index contributed by atoms with van der Waals surface area (Å²) in [5, 5.41) is 8.79. The molecule has 106 valence electrons. The van der Waals surface area contributed by atoms with Gasteiger partial charge in [0.1, 0.15) is 4.90 Å². The average Bonchev–Trinajstić information content (AvgIpc) is 2.93. The Morgan fingerprint density at radius 3 is 2.95 bits per heavy atom. The standard InChI is InChI=1S/C10H14ClN3O4S/c1-6-9(19(11,16)17)8(14-13-6)10(15)12-4-7-2-3-18-5-7/h7H,2-5H2,1H3,(H,12,15)(H,13,14). The van der Waals surface area contributed by atoms with Crippen LogP contribution >= 0.6 is 10.7 Å². The Balaban J connectivity index is 2.11. The monoisotopic (exact) mass is 307 g/mol. The molecule has 2 N–H and O–H groups in total. The van der Waals surface area contributed by atoms with Crippen LogP contribution in [0.5, 0.6) is 0 Å². The molecular formula is C10H14ClN3O4S. The van der Waals surface area contributed by atoms with Gasteiger partial charge >= 0.3 is 0 Å². The van der Waals surface area contributed by atoms with E-state index in [2.05, 4.69) is 15.5 Å². The van der Waals surface area contributed by atoms with Gasteiger partial charge in [0, 0.05) is 29.8 Å². The highest BCUT2D eigenvalue weighted by molar-refractivity contribution is 8.13. The number of carbonyl (C=O) groups excluding carboxylic acids is 1. The molecule has 0 saturated carbocycles. The van der Waals surface area contributed by atoms with Gasteiger partial charge in [-0.05, 0) is 13.3 Å². The molecule has 0 aromatic carbocycles. The minimum absolute atomic E-state index is 0.202. The van der Waals surface area contributed by atoms with Gasteiger partial charge in [-0.25, -0.2) is 8.42 Å². The molecule has 0 radical (unpaired) electrons. The first kappa shape index (κ1) is 14.3. The molecule has 2 rings (SSSR count). The van der Waals surface area contributed by atoms with Crippen LogP contribution in [-0.2, 0) is 13.8 Å². The fourth-order valence-electron chi connectivity index (χ4n) is 1.94. The summed E-state index contributed by atoms with van der Waals surface area (Å²) in [5.74, 6) is -0.310. The van der Waals surface area contributed by atoms with Crippen LogP contribution < -0.4 is 5.32 Å². The van der Waals surface area contributed by atoms with Crippen LogP contribution in [0.2, 0.25) is 0 Å². The summed E-state index contributed by atoms with van der Waals surface area (Å²) in [7, 11) is 1.28. The molecule has 0 bridgehead atoms. The van der Waals surface area contributed by atoms with E-state index < -0.39 is 15.0 Å². The second-order valence-electron chi connectivity index (χ2n) is 4.40. The Kier molecular flexibility index (Phi) is 4.12. The van der Waals surface area contributed by atoms with Crippen LogP contribution in [0.1, 0.15) is 22.6 Å². The predicted octanol–water partition coefficient (Wildman–Crippen LogP) is 0.412. The number of aromatic amines is 1. The number of hydrogen-bond acceptors (Lipinski definition) is 5. The van der Waals surface area contributed by atoms with Gasteiger partial charge in [-0.15, -0.1) is 0 Å². The number of rotatable bonds is 4. The topological polar surface area (TPSA) is 101 Å². The molecule has 19 heavy (non-hydrogen) atoms. The van der Waals surface area contributed by atoms with E-state index in [0.717, 1.165) is 6.42 Å². The number of halogens is 1. The predicted molar refractivity (Wildman–Crippen MR) is 67.6 cm³/mol. The van der Waals surface area contributed by atoms with E-state index >= 15 is 0 Å². The van der Waals surface area contributed by atoms with Gasteiger partial charge in [-0.3, -0.25) is 9.89 Å². The van der Waals surface area contributed by atoms with E-state index in [0.29, 0.717) is 19.8 Å². The van der Waals surface area contributed by atoms with Gasteiger partial charge in [0.2, 0.25) is 0 Å². The number of aromatic nitrogens is 2. The third kappa shape index (κ3) is 3.26. The minimum atomic E-state index is -4.01. The fraction of sp³-hybridized carbons (Fsp3) is 0.600. The van der Waals surface area contributed by atoms with Crippen molar-refractivity contribution in [2.45, 2.75) is 18.2 Å². The number of aryl methyl sites for hydroxylation is 1. The summed E-state index contributed by atoms with van der Waals surface area (Å²) in [6.45, 7) is 3.19. The molecular weight excluding hydrogens is 294 g/mol. The van der Waals surface area contributed by atoms with E-state index in [9.17, 15) is 13.2 Å². The number of carbonyl (C=O) groups is 1. The van der Waals surface area contributed by atoms with Crippen LogP contribution in [0.15, 0.2) is 4.90 Å². The molecule has 1 amide bonds. The largest absolute Gasteiger partial charge is 0.381 e. The normalized spacial score (nSPS) is 19.6.